The van der Waals surface area contributed by atoms with E-state index in [0.717, 1.165) is 25.2 Å². The van der Waals surface area contributed by atoms with Gasteiger partial charge >= 0.3 is 48.9 Å². The zero-order valence-electron chi connectivity index (χ0n) is 20.2. The van der Waals surface area contributed by atoms with Gasteiger partial charge in [-0.1, -0.05) is 134 Å². The molecule has 0 bridgehead atoms. The van der Waals surface area contributed by atoms with Crippen LogP contribution in [0.5, 0.6) is 0 Å². The van der Waals surface area contributed by atoms with E-state index in [1.807, 2.05) is 24.3 Å². The molecule has 5 heteroatoms. The van der Waals surface area contributed by atoms with E-state index in [-0.39, 0.29) is 77.9 Å². The predicted molar refractivity (Wildman–Crippen MR) is 153 cm³/mol. The van der Waals surface area contributed by atoms with Crippen LogP contribution in [0.25, 0.3) is 0 Å². The van der Waals surface area contributed by atoms with Crippen LogP contribution in [0.2, 0.25) is 0 Å². The minimum absolute atomic E-state index is 0. The van der Waals surface area contributed by atoms with E-state index in [0.29, 0.717) is 0 Å². The second-order valence-electron chi connectivity index (χ2n) is 7.76. The van der Waals surface area contributed by atoms with Crippen LogP contribution in [0.4, 0.5) is 0 Å². The van der Waals surface area contributed by atoms with Gasteiger partial charge in [0.25, 0.3) is 0 Å². The average Bonchev–Trinajstić information content (AvgIpc) is 2.92. The van der Waals surface area contributed by atoms with Crippen molar-refractivity contribution in [3.05, 3.63) is 121 Å². The summed E-state index contributed by atoms with van der Waals surface area (Å²) >= 11 is 0. The van der Waals surface area contributed by atoms with Crippen LogP contribution >= 0.6 is 15.8 Å². The molecule has 176 valence electrons. The van der Waals surface area contributed by atoms with Gasteiger partial charge in [-0.05, 0) is 49.4 Å². The average molecular weight is 624 g/mol. The molecule has 0 radical (unpaired) electrons. The molecule has 2 nitrogen and oxygen atoms in total. The van der Waals surface area contributed by atoms with E-state index in [9.17, 15) is 10.2 Å². The first-order valence-electron chi connectivity index (χ1n) is 11.7. The summed E-state index contributed by atoms with van der Waals surface area (Å²) in [6, 6.07) is 42.1. The van der Waals surface area contributed by atoms with Crippen LogP contribution in [0.15, 0.2) is 121 Å². The molecule has 0 aliphatic rings. The smallest absolute Gasteiger partial charge is 0.854 e. The van der Waals surface area contributed by atoms with Gasteiger partial charge in [0.2, 0.25) is 0 Å². The summed E-state index contributed by atoms with van der Waals surface area (Å²) in [5.41, 5.74) is 0. The van der Waals surface area contributed by atoms with E-state index >= 15 is 0 Å². The number of benzene rings is 4. The topological polar surface area (TPSA) is 46.1 Å². The Kier molecular flexibility index (Phi) is 16.1. The van der Waals surface area contributed by atoms with Crippen molar-refractivity contribution in [1.29, 1.82) is 0 Å². The molecule has 0 atom stereocenters. The number of rotatable bonds is 10. The van der Waals surface area contributed by atoms with Gasteiger partial charge in [-0.25, -0.2) is 0 Å². The van der Waals surface area contributed by atoms with Crippen molar-refractivity contribution >= 4 is 85.9 Å². The Bertz CT molecular complexity index is 869. The molecule has 0 aromatic heterocycles. The molecule has 0 aliphatic heterocycles. The molecule has 0 aliphatic carbocycles. The number of hydrogen-bond acceptors (Lipinski definition) is 2. The van der Waals surface area contributed by atoms with Crippen LogP contribution in [0.3, 0.4) is 0 Å². The van der Waals surface area contributed by atoms with Gasteiger partial charge in [0.05, 0.1) is 0 Å². The molecule has 35 heavy (non-hydrogen) atoms. The largest absolute Gasteiger partial charge is 2.00 e. The molecule has 4 rings (SSSR count). The first-order chi connectivity index (χ1) is 16.8. The SMILES string of the molecule is [Ba+2].[O-]CCCP(c1ccccc1)c1ccccc1.[O-]CCCP(c1ccccc1)c1ccccc1. The quantitative estimate of drug-likeness (QED) is 0.201. The molecule has 0 saturated carbocycles. The van der Waals surface area contributed by atoms with Crippen molar-refractivity contribution in [2.75, 3.05) is 25.5 Å². The van der Waals surface area contributed by atoms with Crippen LogP contribution in [-0.4, -0.2) is 74.4 Å². The van der Waals surface area contributed by atoms with Gasteiger partial charge in [-0.3, -0.25) is 0 Å². The van der Waals surface area contributed by atoms with Gasteiger partial charge in [-0.2, -0.15) is 0 Å². The zero-order valence-corrected chi connectivity index (χ0v) is 26.4. The molecule has 4 aromatic rings. The van der Waals surface area contributed by atoms with Crippen molar-refractivity contribution in [1.82, 2.24) is 0 Å². The zero-order chi connectivity index (χ0) is 23.8. The van der Waals surface area contributed by atoms with Gasteiger partial charge in [-0.15, -0.1) is 13.2 Å². The summed E-state index contributed by atoms with van der Waals surface area (Å²) in [5, 5.41) is 26.9. The molecule has 0 spiro atoms. The Morgan fingerprint density at radius 1 is 0.400 bits per heavy atom. The molecule has 0 N–H and O–H groups in total. The van der Waals surface area contributed by atoms with Gasteiger partial charge in [0.1, 0.15) is 0 Å². The van der Waals surface area contributed by atoms with Crippen LogP contribution in [0, 0.1) is 0 Å². The van der Waals surface area contributed by atoms with Crippen molar-refractivity contribution in [3.8, 4) is 0 Å². The maximum Gasteiger partial charge on any atom is 2.00 e. The van der Waals surface area contributed by atoms with Crippen molar-refractivity contribution in [2.45, 2.75) is 12.8 Å². The predicted octanol–water partition coefficient (Wildman–Crippen LogP) is 3.36. The summed E-state index contributed by atoms with van der Waals surface area (Å²) in [5.74, 6) is 0. The van der Waals surface area contributed by atoms with Gasteiger partial charge in [0, 0.05) is 0 Å². The second-order valence-corrected chi connectivity index (χ2v) is 12.4. The van der Waals surface area contributed by atoms with Gasteiger partial charge in [0.15, 0.2) is 0 Å². The number of hydrogen-bond donors (Lipinski definition) is 0. The van der Waals surface area contributed by atoms with E-state index in [1.54, 1.807) is 0 Å². The fourth-order valence-electron chi connectivity index (χ4n) is 3.69. The van der Waals surface area contributed by atoms with Crippen molar-refractivity contribution in [3.63, 3.8) is 0 Å². The Labute approximate surface area is 253 Å². The Balaban J connectivity index is 0.000000240. The summed E-state index contributed by atoms with van der Waals surface area (Å²) in [6.45, 7) is 0.0526. The minimum atomic E-state index is -0.357. The summed E-state index contributed by atoms with van der Waals surface area (Å²) in [7, 11) is -0.714. The Morgan fingerprint density at radius 2 is 0.629 bits per heavy atom. The third kappa shape index (κ3) is 10.6. The van der Waals surface area contributed by atoms with Crippen molar-refractivity contribution in [2.24, 2.45) is 0 Å². The molecule has 0 unspecified atom stereocenters. The molecule has 0 heterocycles. The fraction of sp³-hybridized carbons (Fsp3) is 0.200. The first kappa shape index (κ1) is 30.5. The van der Waals surface area contributed by atoms with E-state index < -0.39 is 0 Å². The maximum atomic E-state index is 10.7. The third-order valence-corrected chi connectivity index (χ3v) is 10.5. The van der Waals surface area contributed by atoms with E-state index in [2.05, 4.69) is 97.1 Å². The first-order valence-corrected chi connectivity index (χ1v) is 14.8. The Hall–Kier alpha value is -0.769. The summed E-state index contributed by atoms with van der Waals surface area (Å²) in [6.07, 6.45) is 3.50. The molecule has 0 amide bonds. The normalized spacial score (nSPS) is 10.4. The molecule has 0 fully saturated rings. The van der Waals surface area contributed by atoms with Crippen LogP contribution < -0.4 is 31.4 Å². The standard InChI is InChI=1S/2C15H16OP.Ba/c2*16-12-7-13-17(14-8-3-1-4-9-14)15-10-5-2-6-11-15;/h2*1-6,8-11H,7,12-13H2;/q2*-1;+2. The maximum absolute atomic E-state index is 10.7. The minimum Gasteiger partial charge on any atom is -0.854 e. The third-order valence-electron chi connectivity index (χ3n) is 5.32. The molecular weight excluding hydrogens is 592 g/mol. The molecule has 4 aromatic carbocycles. The van der Waals surface area contributed by atoms with Crippen LogP contribution in [-0.2, 0) is 0 Å². The van der Waals surface area contributed by atoms with Crippen LogP contribution in [0.1, 0.15) is 12.8 Å². The Morgan fingerprint density at radius 3 is 0.829 bits per heavy atom. The molecule has 0 saturated heterocycles. The molecular formula is C30H32BaO2P2. The fourth-order valence-corrected chi connectivity index (χ4v) is 8.34. The summed E-state index contributed by atoms with van der Waals surface area (Å²) < 4.78 is 0. The monoisotopic (exact) mass is 624 g/mol. The summed E-state index contributed by atoms with van der Waals surface area (Å²) in [4.78, 5) is 0. The van der Waals surface area contributed by atoms with Crippen molar-refractivity contribution < 1.29 is 10.2 Å². The van der Waals surface area contributed by atoms with E-state index in [1.165, 1.54) is 21.2 Å². The van der Waals surface area contributed by atoms with Gasteiger partial charge < -0.3 is 10.2 Å². The second kappa shape index (κ2) is 18.5. The van der Waals surface area contributed by atoms with E-state index in [4.69, 9.17) is 0 Å².